The van der Waals surface area contributed by atoms with Gasteiger partial charge in [0, 0.05) is 37.1 Å². The van der Waals surface area contributed by atoms with E-state index in [9.17, 15) is 8.42 Å². The second kappa shape index (κ2) is 8.51. The number of rotatable bonds is 4. The van der Waals surface area contributed by atoms with E-state index >= 15 is 0 Å². The molecule has 0 bridgehead atoms. The molecule has 0 N–H and O–H groups in total. The van der Waals surface area contributed by atoms with E-state index in [1.165, 1.54) is 16.0 Å². The first kappa shape index (κ1) is 20.9. The van der Waals surface area contributed by atoms with Crippen molar-refractivity contribution in [2.24, 2.45) is 0 Å². The molecule has 0 spiro atoms. The van der Waals surface area contributed by atoms with Gasteiger partial charge in [0.25, 0.3) is 0 Å². The zero-order valence-electron chi connectivity index (χ0n) is 17.8. The van der Waals surface area contributed by atoms with Gasteiger partial charge in [-0.25, -0.2) is 8.42 Å². The molecular weight excluding hydrogens is 424 g/mol. The maximum absolute atomic E-state index is 13.2. The summed E-state index contributed by atoms with van der Waals surface area (Å²) >= 11 is 1.86. The van der Waals surface area contributed by atoms with Gasteiger partial charge in [-0.2, -0.15) is 4.31 Å². The normalized spacial score (nSPS) is 18.7. The summed E-state index contributed by atoms with van der Waals surface area (Å²) in [5.74, 6) is 0. The first-order valence-electron chi connectivity index (χ1n) is 11.0. The predicted octanol–water partition coefficient (Wildman–Crippen LogP) is 4.93. The van der Waals surface area contributed by atoms with E-state index < -0.39 is 10.0 Å². The van der Waals surface area contributed by atoms with E-state index in [0.717, 1.165) is 43.5 Å². The first-order valence-corrected chi connectivity index (χ1v) is 13.3. The lowest BCUT2D eigenvalue weighted by Gasteiger charge is -2.39. The Morgan fingerprint density at radius 3 is 2.19 bits per heavy atom. The summed E-state index contributed by atoms with van der Waals surface area (Å²) in [7, 11) is -3.45. The number of nitrogens with zero attached hydrogens (tertiary/aromatic N) is 2. The number of benzene rings is 2. The number of aryl methyl sites for hydroxylation is 1. The van der Waals surface area contributed by atoms with Gasteiger partial charge in [-0.1, -0.05) is 42.0 Å². The number of thiophene rings is 1. The van der Waals surface area contributed by atoms with Gasteiger partial charge in [0.1, 0.15) is 0 Å². The van der Waals surface area contributed by atoms with Gasteiger partial charge in [-0.05, 0) is 66.5 Å². The molecule has 3 aromatic rings. The first-order chi connectivity index (χ1) is 15.0. The lowest BCUT2D eigenvalue weighted by Crippen LogP contribution is -2.47. The van der Waals surface area contributed by atoms with Crippen LogP contribution in [-0.2, 0) is 23.0 Å². The fourth-order valence-electron chi connectivity index (χ4n) is 4.74. The molecule has 0 unspecified atom stereocenters. The van der Waals surface area contributed by atoms with E-state index in [4.69, 9.17) is 0 Å². The number of hydrogen-bond acceptors (Lipinski definition) is 4. The molecule has 2 aromatic carbocycles. The second-order valence-electron chi connectivity index (χ2n) is 8.62. The van der Waals surface area contributed by atoms with Crippen LogP contribution < -0.4 is 0 Å². The Labute approximate surface area is 189 Å². The van der Waals surface area contributed by atoms with Gasteiger partial charge in [-0.15, -0.1) is 11.3 Å². The molecule has 0 radical (unpaired) electrons. The predicted molar refractivity (Wildman–Crippen MR) is 127 cm³/mol. The van der Waals surface area contributed by atoms with E-state index in [2.05, 4.69) is 47.5 Å². The molecule has 2 aliphatic heterocycles. The minimum atomic E-state index is -3.45. The molecule has 4 nitrogen and oxygen atoms in total. The summed E-state index contributed by atoms with van der Waals surface area (Å²) in [6, 6.07) is 18.3. The van der Waals surface area contributed by atoms with Crippen LogP contribution in [0, 0.1) is 6.92 Å². The standard InChI is InChI=1S/C25H28N2O2S2/c1-19-2-4-20(5-3-19)21-6-8-24(9-7-21)31(28,29)27-15-10-23(11-16-27)26-14-12-25-22(18-26)13-17-30-25/h2-9,13,17,23H,10-12,14-16,18H2,1H3. The van der Waals surface area contributed by atoms with Gasteiger partial charge < -0.3 is 0 Å². The van der Waals surface area contributed by atoms with E-state index in [1.807, 2.05) is 23.5 Å². The maximum atomic E-state index is 13.2. The number of sulfonamides is 1. The summed E-state index contributed by atoms with van der Waals surface area (Å²) in [4.78, 5) is 4.46. The van der Waals surface area contributed by atoms with Crippen molar-refractivity contribution in [2.45, 2.75) is 43.7 Å². The molecule has 1 fully saturated rings. The maximum Gasteiger partial charge on any atom is 0.243 e. The quantitative estimate of drug-likeness (QED) is 0.563. The molecule has 0 saturated carbocycles. The SMILES string of the molecule is Cc1ccc(-c2ccc(S(=O)(=O)N3CCC(N4CCc5sccc5C4)CC3)cc2)cc1. The topological polar surface area (TPSA) is 40.6 Å². The summed E-state index contributed by atoms with van der Waals surface area (Å²) in [5.41, 5.74) is 4.81. The molecule has 0 amide bonds. The number of fused-ring (bicyclic) bond motifs is 1. The van der Waals surface area contributed by atoms with Crippen LogP contribution in [0.3, 0.4) is 0 Å². The number of hydrogen-bond donors (Lipinski definition) is 0. The fraction of sp³-hybridized carbons (Fsp3) is 0.360. The highest BCUT2D eigenvalue weighted by atomic mass is 32.2. The zero-order valence-corrected chi connectivity index (χ0v) is 19.5. The summed E-state index contributed by atoms with van der Waals surface area (Å²) in [6.07, 6.45) is 2.93. The summed E-state index contributed by atoms with van der Waals surface area (Å²) in [6.45, 7) is 5.36. The highest BCUT2D eigenvalue weighted by Gasteiger charge is 2.32. The number of piperidine rings is 1. The van der Waals surface area contributed by atoms with Crippen molar-refractivity contribution < 1.29 is 8.42 Å². The fourth-order valence-corrected chi connectivity index (χ4v) is 7.10. The molecule has 0 atom stereocenters. The summed E-state index contributed by atoms with van der Waals surface area (Å²) in [5, 5.41) is 2.19. The van der Waals surface area contributed by atoms with Crippen molar-refractivity contribution in [3.8, 4) is 11.1 Å². The summed E-state index contributed by atoms with van der Waals surface area (Å²) < 4.78 is 28.1. The van der Waals surface area contributed by atoms with E-state index in [0.29, 0.717) is 24.0 Å². The smallest absolute Gasteiger partial charge is 0.243 e. The van der Waals surface area contributed by atoms with E-state index in [1.54, 1.807) is 16.4 Å². The van der Waals surface area contributed by atoms with Gasteiger partial charge in [0.2, 0.25) is 10.0 Å². The molecule has 5 rings (SSSR count). The van der Waals surface area contributed by atoms with Crippen LogP contribution in [-0.4, -0.2) is 43.3 Å². The highest BCUT2D eigenvalue weighted by Crippen LogP contribution is 2.30. The van der Waals surface area contributed by atoms with Crippen molar-refractivity contribution in [3.05, 3.63) is 76.0 Å². The lowest BCUT2D eigenvalue weighted by molar-refractivity contribution is 0.127. The van der Waals surface area contributed by atoms with Crippen LogP contribution in [0.2, 0.25) is 0 Å². The van der Waals surface area contributed by atoms with Gasteiger partial charge in [0.05, 0.1) is 4.90 Å². The molecule has 1 aromatic heterocycles. The van der Waals surface area contributed by atoms with Gasteiger partial charge in [-0.3, -0.25) is 4.90 Å². The van der Waals surface area contributed by atoms with Crippen LogP contribution >= 0.6 is 11.3 Å². The van der Waals surface area contributed by atoms with Crippen LogP contribution in [0.15, 0.2) is 64.9 Å². The van der Waals surface area contributed by atoms with Gasteiger partial charge in [0.15, 0.2) is 0 Å². The van der Waals surface area contributed by atoms with Gasteiger partial charge >= 0.3 is 0 Å². The lowest BCUT2D eigenvalue weighted by atomic mass is 10.0. The van der Waals surface area contributed by atoms with Crippen molar-refractivity contribution >= 4 is 21.4 Å². The third-order valence-electron chi connectivity index (χ3n) is 6.65. The van der Waals surface area contributed by atoms with Crippen LogP contribution in [0.25, 0.3) is 11.1 Å². The molecule has 1 saturated heterocycles. The molecule has 0 aliphatic carbocycles. The minimum Gasteiger partial charge on any atom is -0.296 e. The van der Waals surface area contributed by atoms with Crippen molar-refractivity contribution in [2.75, 3.05) is 19.6 Å². The highest BCUT2D eigenvalue weighted by molar-refractivity contribution is 7.89. The second-order valence-corrected chi connectivity index (χ2v) is 11.6. The van der Waals surface area contributed by atoms with Crippen molar-refractivity contribution in [3.63, 3.8) is 0 Å². The Bertz CT molecular complexity index is 1140. The van der Waals surface area contributed by atoms with Crippen LogP contribution in [0.4, 0.5) is 0 Å². The molecule has 162 valence electrons. The average Bonchev–Trinajstić information content (AvgIpc) is 3.28. The third kappa shape index (κ3) is 4.22. The van der Waals surface area contributed by atoms with Crippen molar-refractivity contribution in [1.82, 2.24) is 9.21 Å². The molecule has 6 heteroatoms. The Morgan fingerprint density at radius 2 is 1.52 bits per heavy atom. The average molecular weight is 453 g/mol. The molecule has 31 heavy (non-hydrogen) atoms. The Balaban J connectivity index is 1.24. The molecule has 3 heterocycles. The minimum absolute atomic E-state index is 0.391. The van der Waals surface area contributed by atoms with Crippen molar-refractivity contribution in [1.29, 1.82) is 0 Å². The third-order valence-corrected chi connectivity index (χ3v) is 9.59. The van der Waals surface area contributed by atoms with Crippen LogP contribution in [0.1, 0.15) is 28.8 Å². The molecule has 2 aliphatic rings. The zero-order chi connectivity index (χ0) is 21.4. The Kier molecular flexibility index (Phi) is 5.73. The Morgan fingerprint density at radius 1 is 0.871 bits per heavy atom. The Hall–Kier alpha value is -1.99. The van der Waals surface area contributed by atoms with Crippen LogP contribution in [0.5, 0.6) is 0 Å². The van der Waals surface area contributed by atoms with E-state index in [-0.39, 0.29) is 0 Å². The molecular formula is C25H28N2O2S2. The monoisotopic (exact) mass is 452 g/mol. The largest absolute Gasteiger partial charge is 0.296 e.